The maximum atomic E-state index is 13.2. The topological polar surface area (TPSA) is 68.0 Å². The number of aromatic nitrogens is 2. The summed E-state index contributed by atoms with van der Waals surface area (Å²) in [6.45, 7) is 0.220. The SMILES string of the molecule is O=C(CSc1nnc(-c2ccc(Cl)cc2)o1)NCc1cc(F)ccc1Br. The Kier molecular flexibility index (Phi) is 6.29. The number of nitrogens with zero attached hydrogens (tertiary/aromatic N) is 2. The lowest BCUT2D eigenvalue weighted by Gasteiger charge is -2.06. The number of benzene rings is 2. The van der Waals surface area contributed by atoms with Crippen LogP contribution in [0.25, 0.3) is 11.5 Å². The summed E-state index contributed by atoms with van der Waals surface area (Å²) < 4.78 is 19.5. The van der Waals surface area contributed by atoms with E-state index in [9.17, 15) is 9.18 Å². The molecule has 1 heterocycles. The minimum absolute atomic E-state index is 0.106. The number of halogens is 3. The highest BCUT2D eigenvalue weighted by molar-refractivity contribution is 9.10. The average Bonchev–Trinajstić information content (AvgIpc) is 3.10. The van der Waals surface area contributed by atoms with Crippen LogP contribution in [0.15, 0.2) is 56.6 Å². The van der Waals surface area contributed by atoms with E-state index >= 15 is 0 Å². The maximum absolute atomic E-state index is 13.2. The molecule has 0 aliphatic rings. The average molecular weight is 457 g/mol. The third-order valence-corrected chi connectivity index (χ3v) is 5.15. The van der Waals surface area contributed by atoms with Crippen molar-refractivity contribution in [2.45, 2.75) is 11.8 Å². The van der Waals surface area contributed by atoms with Gasteiger partial charge in [-0.1, -0.05) is 39.3 Å². The number of nitrogens with one attached hydrogen (secondary N) is 1. The maximum Gasteiger partial charge on any atom is 0.277 e. The van der Waals surface area contributed by atoms with Crippen LogP contribution in [0.2, 0.25) is 5.02 Å². The molecule has 3 aromatic rings. The Morgan fingerprint density at radius 1 is 1.23 bits per heavy atom. The summed E-state index contributed by atoms with van der Waals surface area (Å²) in [5.74, 6) is -0.118. The molecule has 0 saturated heterocycles. The molecule has 3 rings (SSSR count). The van der Waals surface area contributed by atoms with Gasteiger partial charge in [0.1, 0.15) is 5.82 Å². The molecule has 0 spiro atoms. The molecule has 0 aliphatic carbocycles. The predicted octanol–water partition coefficient (Wildman–Crippen LogP) is 4.70. The number of hydrogen-bond acceptors (Lipinski definition) is 5. The van der Waals surface area contributed by atoms with Gasteiger partial charge in [0, 0.05) is 21.6 Å². The van der Waals surface area contributed by atoms with E-state index < -0.39 is 0 Å². The molecule has 0 radical (unpaired) electrons. The summed E-state index contributed by atoms with van der Waals surface area (Å²) in [5.41, 5.74) is 1.40. The molecule has 0 bridgehead atoms. The van der Waals surface area contributed by atoms with Crippen molar-refractivity contribution in [2.24, 2.45) is 0 Å². The zero-order valence-electron chi connectivity index (χ0n) is 13.2. The third kappa shape index (κ3) is 5.06. The number of carbonyl (C=O) groups is 1. The van der Waals surface area contributed by atoms with E-state index in [0.29, 0.717) is 16.5 Å². The smallest absolute Gasteiger partial charge is 0.277 e. The van der Waals surface area contributed by atoms with Gasteiger partial charge in [-0.25, -0.2) is 4.39 Å². The molecule has 1 N–H and O–H groups in total. The van der Waals surface area contributed by atoms with E-state index in [1.165, 1.54) is 12.1 Å². The van der Waals surface area contributed by atoms with Crippen LogP contribution < -0.4 is 5.32 Å². The van der Waals surface area contributed by atoms with Crippen molar-refractivity contribution in [1.82, 2.24) is 15.5 Å². The Hall–Kier alpha value is -1.90. The molecule has 0 atom stereocenters. The fourth-order valence-corrected chi connectivity index (χ4v) is 3.13. The first-order valence-corrected chi connectivity index (χ1v) is 9.60. The molecule has 1 aromatic heterocycles. The summed E-state index contributed by atoms with van der Waals surface area (Å²) in [6.07, 6.45) is 0. The van der Waals surface area contributed by atoms with Crippen molar-refractivity contribution in [3.63, 3.8) is 0 Å². The van der Waals surface area contributed by atoms with Gasteiger partial charge in [0.15, 0.2) is 0 Å². The van der Waals surface area contributed by atoms with Crippen LogP contribution in [-0.4, -0.2) is 21.9 Å². The minimum atomic E-state index is -0.354. The Bertz CT molecular complexity index is 921. The van der Waals surface area contributed by atoms with Gasteiger partial charge in [0.2, 0.25) is 11.8 Å². The number of thioether (sulfide) groups is 1. The second-order valence-corrected chi connectivity index (χ2v) is 7.40. The molecule has 26 heavy (non-hydrogen) atoms. The van der Waals surface area contributed by atoms with Gasteiger partial charge in [-0.3, -0.25) is 4.79 Å². The predicted molar refractivity (Wildman–Crippen MR) is 101 cm³/mol. The quantitative estimate of drug-likeness (QED) is 0.545. The van der Waals surface area contributed by atoms with Crippen molar-refractivity contribution < 1.29 is 13.6 Å². The fourth-order valence-electron chi connectivity index (χ4n) is 2.03. The van der Waals surface area contributed by atoms with Crippen LogP contribution >= 0.6 is 39.3 Å². The van der Waals surface area contributed by atoms with Crippen LogP contribution in [0.1, 0.15) is 5.56 Å². The number of carbonyl (C=O) groups excluding carboxylic acids is 1. The molecule has 2 aromatic carbocycles. The Balaban J connectivity index is 1.52. The number of amides is 1. The zero-order chi connectivity index (χ0) is 18.5. The van der Waals surface area contributed by atoms with Crippen LogP contribution in [0, 0.1) is 5.82 Å². The first kappa shape index (κ1) is 18.9. The molecule has 9 heteroatoms. The zero-order valence-corrected chi connectivity index (χ0v) is 16.4. The second kappa shape index (κ2) is 8.66. The van der Waals surface area contributed by atoms with Gasteiger partial charge in [0.25, 0.3) is 5.22 Å². The van der Waals surface area contributed by atoms with Crippen LogP contribution in [-0.2, 0) is 11.3 Å². The van der Waals surface area contributed by atoms with Crippen molar-refractivity contribution in [3.05, 3.63) is 63.3 Å². The normalized spacial score (nSPS) is 10.7. The monoisotopic (exact) mass is 455 g/mol. The van der Waals surface area contributed by atoms with Crippen LogP contribution in [0.5, 0.6) is 0 Å². The van der Waals surface area contributed by atoms with Gasteiger partial charge in [-0.15, -0.1) is 10.2 Å². The van der Waals surface area contributed by atoms with Gasteiger partial charge >= 0.3 is 0 Å². The van der Waals surface area contributed by atoms with E-state index in [2.05, 4.69) is 31.4 Å². The Morgan fingerprint density at radius 2 is 2.00 bits per heavy atom. The van der Waals surface area contributed by atoms with E-state index in [0.717, 1.165) is 21.8 Å². The van der Waals surface area contributed by atoms with Gasteiger partial charge in [-0.2, -0.15) is 0 Å². The van der Waals surface area contributed by atoms with Crippen molar-refractivity contribution in [3.8, 4) is 11.5 Å². The largest absolute Gasteiger partial charge is 0.411 e. The molecule has 0 saturated carbocycles. The summed E-state index contributed by atoms with van der Waals surface area (Å²) in [7, 11) is 0. The summed E-state index contributed by atoms with van der Waals surface area (Å²) in [4.78, 5) is 12.0. The highest BCUT2D eigenvalue weighted by Gasteiger charge is 2.12. The molecule has 0 aliphatic heterocycles. The lowest BCUT2D eigenvalue weighted by atomic mass is 10.2. The fraction of sp³-hybridized carbons (Fsp3) is 0.118. The summed E-state index contributed by atoms with van der Waals surface area (Å²) >= 11 is 10.3. The minimum Gasteiger partial charge on any atom is -0.411 e. The van der Waals surface area contributed by atoms with Crippen molar-refractivity contribution in [2.75, 3.05) is 5.75 Å². The lowest BCUT2D eigenvalue weighted by molar-refractivity contribution is -0.118. The molecule has 0 unspecified atom stereocenters. The second-order valence-electron chi connectivity index (χ2n) is 5.18. The highest BCUT2D eigenvalue weighted by atomic mass is 79.9. The standard InChI is InChI=1S/C17H12BrClFN3O2S/c18-14-6-5-13(20)7-11(14)8-21-15(24)9-26-17-23-22-16(25-17)10-1-3-12(19)4-2-10/h1-7H,8-9H2,(H,21,24). The molecule has 5 nitrogen and oxygen atoms in total. The van der Waals surface area contributed by atoms with Gasteiger partial charge < -0.3 is 9.73 Å². The van der Waals surface area contributed by atoms with Crippen LogP contribution in [0.4, 0.5) is 4.39 Å². The van der Waals surface area contributed by atoms with Gasteiger partial charge in [-0.05, 0) is 48.0 Å². The highest BCUT2D eigenvalue weighted by Crippen LogP contribution is 2.24. The van der Waals surface area contributed by atoms with Gasteiger partial charge in [0.05, 0.1) is 5.75 Å². The third-order valence-electron chi connectivity index (χ3n) is 3.31. The molecular formula is C17H12BrClFN3O2S. The summed E-state index contributed by atoms with van der Waals surface area (Å²) in [6, 6.07) is 11.3. The first-order chi connectivity index (χ1) is 12.5. The van der Waals surface area contributed by atoms with Crippen molar-refractivity contribution >= 4 is 45.2 Å². The molecule has 0 fully saturated rings. The molecule has 134 valence electrons. The van der Waals surface area contributed by atoms with E-state index in [1.54, 1.807) is 30.3 Å². The Morgan fingerprint density at radius 3 is 2.77 bits per heavy atom. The van der Waals surface area contributed by atoms with E-state index in [-0.39, 0.29) is 29.2 Å². The number of hydrogen-bond donors (Lipinski definition) is 1. The number of rotatable bonds is 6. The van der Waals surface area contributed by atoms with Crippen LogP contribution in [0.3, 0.4) is 0 Å². The Labute approximate surface area is 166 Å². The molecule has 1 amide bonds. The molecular weight excluding hydrogens is 445 g/mol. The lowest BCUT2D eigenvalue weighted by Crippen LogP contribution is -2.24. The summed E-state index contributed by atoms with van der Waals surface area (Å²) in [5, 5.41) is 11.5. The van der Waals surface area contributed by atoms with E-state index in [4.69, 9.17) is 16.0 Å². The van der Waals surface area contributed by atoms with Crippen molar-refractivity contribution in [1.29, 1.82) is 0 Å². The first-order valence-electron chi connectivity index (χ1n) is 7.44. The van der Waals surface area contributed by atoms with E-state index in [1.807, 2.05) is 0 Å².